The van der Waals surface area contributed by atoms with Crippen molar-refractivity contribution in [2.75, 3.05) is 0 Å². The van der Waals surface area contributed by atoms with Crippen molar-refractivity contribution in [3.63, 3.8) is 0 Å². The predicted octanol–water partition coefficient (Wildman–Crippen LogP) is 3.74. The molecule has 1 aromatic rings. The average molecular weight is 240 g/mol. The molecule has 0 radical (unpaired) electrons. The molecule has 0 aromatic carbocycles. The van der Waals surface area contributed by atoms with Gasteiger partial charge in [0.1, 0.15) is 0 Å². The van der Waals surface area contributed by atoms with Gasteiger partial charge in [-0.05, 0) is 37.3 Å². The number of hydrogen-bond donors (Lipinski definition) is 0. The van der Waals surface area contributed by atoms with Crippen molar-refractivity contribution >= 4 is 15.9 Å². The van der Waals surface area contributed by atoms with Crippen LogP contribution in [0, 0.1) is 0 Å². The van der Waals surface area contributed by atoms with Crippen molar-refractivity contribution < 1.29 is 0 Å². The Morgan fingerprint density at radius 1 is 1.46 bits per heavy atom. The third kappa shape index (κ3) is 3.73. The summed E-state index contributed by atoms with van der Waals surface area (Å²) in [6, 6.07) is 1.99. The molecular formula is C11H14BrN. The van der Waals surface area contributed by atoms with Crippen molar-refractivity contribution in [3.05, 3.63) is 41.2 Å². The van der Waals surface area contributed by atoms with Crippen LogP contribution in [0.4, 0.5) is 0 Å². The lowest BCUT2D eigenvalue weighted by molar-refractivity contribution is 0.744. The maximum atomic E-state index is 4.09. The molecular weight excluding hydrogens is 226 g/mol. The van der Waals surface area contributed by atoms with Gasteiger partial charge < -0.3 is 0 Å². The summed E-state index contributed by atoms with van der Waals surface area (Å²) in [4.78, 5) is 4.09. The van der Waals surface area contributed by atoms with E-state index in [-0.39, 0.29) is 0 Å². The molecule has 0 aliphatic carbocycles. The summed E-state index contributed by atoms with van der Waals surface area (Å²) in [5.41, 5.74) is 1.30. The van der Waals surface area contributed by atoms with Gasteiger partial charge >= 0.3 is 0 Å². The molecule has 0 N–H and O–H groups in total. The second-order valence-electron chi connectivity index (χ2n) is 3.00. The van der Waals surface area contributed by atoms with Gasteiger partial charge in [-0.2, -0.15) is 0 Å². The number of unbranched alkanes of at least 4 members (excludes halogenated alkanes) is 2. The molecule has 1 nitrogen and oxygen atoms in total. The summed E-state index contributed by atoms with van der Waals surface area (Å²) in [5, 5.41) is 0. The highest BCUT2D eigenvalue weighted by atomic mass is 79.9. The van der Waals surface area contributed by atoms with Gasteiger partial charge in [-0.25, -0.2) is 0 Å². The van der Waals surface area contributed by atoms with E-state index in [9.17, 15) is 0 Å². The van der Waals surface area contributed by atoms with Crippen LogP contribution in [-0.2, 0) is 6.42 Å². The molecule has 0 aliphatic rings. The summed E-state index contributed by atoms with van der Waals surface area (Å²) < 4.78 is 1.17. The second kappa shape index (κ2) is 5.92. The molecule has 1 rings (SSSR count). The zero-order valence-electron chi connectivity index (χ0n) is 7.67. The van der Waals surface area contributed by atoms with Gasteiger partial charge in [0.25, 0.3) is 0 Å². The highest BCUT2D eigenvalue weighted by Gasteiger charge is 1.97. The third-order valence-electron chi connectivity index (χ3n) is 1.95. The summed E-state index contributed by atoms with van der Waals surface area (Å²) in [7, 11) is 0. The monoisotopic (exact) mass is 239 g/mol. The lowest BCUT2D eigenvalue weighted by Gasteiger charge is -2.01. The molecule has 13 heavy (non-hydrogen) atoms. The highest BCUT2D eigenvalue weighted by Crippen LogP contribution is 2.16. The lowest BCUT2D eigenvalue weighted by Crippen LogP contribution is -1.88. The van der Waals surface area contributed by atoms with E-state index in [1.165, 1.54) is 22.9 Å². The molecule has 0 unspecified atom stereocenters. The van der Waals surface area contributed by atoms with Crippen LogP contribution >= 0.6 is 15.9 Å². The Labute approximate surface area is 88.0 Å². The standard InChI is InChI=1S/C11H14BrN/c1-2-3-4-5-6-10-9-13-8-7-11(10)12/h2,7-9H,1,3-6H2. The second-order valence-corrected chi connectivity index (χ2v) is 3.86. The zero-order valence-corrected chi connectivity index (χ0v) is 9.26. The first-order chi connectivity index (χ1) is 6.34. The molecule has 1 heterocycles. The minimum absolute atomic E-state index is 1.10. The third-order valence-corrected chi connectivity index (χ3v) is 2.72. The largest absolute Gasteiger partial charge is 0.264 e. The maximum Gasteiger partial charge on any atom is 0.0311 e. The highest BCUT2D eigenvalue weighted by molar-refractivity contribution is 9.10. The SMILES string of the molecule is C=CCCCCc1cnccc1Br. The van der Waals surface area contributed by atoms with Gasteiger partial charge in [0.2, 0.25) is 0 Å². The quantitative estimate of drug-likeness (QED) is 0.564. The topological polar surface area (TPSA) is 12.9 Å². The van der Waals surface area contributed by atoms with E-state index in [1.54, 1.807) is 6.20 Å². The number of aryl methyl sites for hydroxylation is 1. The first kappa shape index (κ1) is 10.5. The van der Waals surface area contributed by atoms with Crippen molar-refractivity contribution in [3.8, 4) is 0 Å². The molecule has 0 aliphatic heterocycles. The Morgan fingerprint density at radius 2 is 2.31 bits per heavy atom. The first-order valence-corrected chi connectivity index (χ1v) is 5.33. The van der Waals surface area contributed by atoms with E-state index < -0.39 is 0 Å². The molecule has 0 fully saturated rings. The predicted molar refractivity (Wildman–Crippen MR) is 59.7 cm³/mol. The van der Waals surface area contributed by atoms with Crippen molar-refractivity contribution in [2.45, 2.75) is 25.7 Å². The summed E-state index contributed by atoms with van der Waals surface area (Å²) in [5.74, 6) is 0. The van der Waals surface area contributed by atoms with Gasteiger partial charge in [0, 0.05) is 16.9 Å². The van der Waals surface area contributed by atoms with Gasteiger partial charge in [-0.3, -0.25) is 4.98 Å². The first-order valence-electron chi connectivity index (χ1n) is 4.54. The molecule has 0 atom stereocenters. The molecule has 0 bridgehead atoms. The Hall–Kier alpha value is -0.630. The molecule has 2 heteroatoms. The Bertz CT molecular complexity index is 271. The van der Waals surface area contributed by atoms with Crippen molar-refractivity contribution in [1.29, 1.82) is 0 Å². The van der Waals surface area contributed by atoms with Gasteiger partial charge in [-0.15, -0.1) is 6.58 Å². The van der Waals surface area contributed by atoms with Gasteiger partial charge in [0.15, 0.2) is 0 Å². The van der Waals surface area contributed by atoms with Crippen LogP contribution in [0.15, 0.2) is 35.6 Å². The van der Waals surface area contributed by atoms with Crippen LogP contribution in [0.1, 0.15) is 24.8 Å². The number of pyridine rings is 1. The van der Waals surface area contributed by atoms with Gasteiger partial charge in [0.05, 0.1) is 0 Å². The van der Waals surface area contributed by atoms with Crippen LogP contribution in [-0.4, -0.2) is 4.98 Å². The van der Waals surface area contributed by atoms with Crippen LogP contribution in [0.3, 0.4) is 0 Å². The van der Waals surface area contributed by atoms with Crippen LogP contribution in [0.5, 0.6) is 0 Å². The fraction of sp³-hybridized carbons (Fsp3) is 0.364. The molecule has 0 saturated heterocycles. The van der Waals surface area contributed by atoms with Crippen molar-refractivity contribution in [1.82, 2.24) is 4.98 Å². The summed E-state index contributed by atoms with van der Waals surface area (Å²) in [6.07, 6.45) is 10.3. The number of halogens is 1. The number of nitrogens with zero attached hydrogens (tertiary/aromatic N) is 1. The fourth-order valence-corrected chi connectivity index (χ4v) is 1.62. The van der Waals surface area contributed by atoms with E-state index in [0.29, 0.717) is 0 Å². The van der Waals surface area contributed by atoms with Crippen LogP contribution in [0.2, 0.25) is 0 Å². The van der Waals surface area contributed by atoms with Gasteiger partial charge in [-0.1, -0.05) is 22.0 Å². The number of rotatable bonds is 5. The van der Waals surface area contributed by atoms with E-state index >= 15 is 0 Å². The number of aromatic nitrogens is 1. The molecule has 1 aromatic heterocycles. The summed E-state index contributed by atoms with van der Waals surface area (Å²) >= 11 is 3.51. The molecule has 0 saturated carbocycles. The fourth-order valence-electron chi connectivity index (χ4n) is 1.20. The molecule has 70 valence electrons. The Balaban J connectivity index is 2.36. The van der Waals surface area contributed by atoms with E-state index in [2.05, 4.69) is 27.5 Å². The summed E-state index contributed by atoms with van der Waals surface area (Å²) in [6.45, 7) is 3.70. The smallest absolute Gasteiger partial charge is 0.0311 e. The molecule has 0 spiro atoms. The lowest BCUT2D eigenvalue weighted by atomic mass is 10.1. The average Bonchev–Trinajstić information content (AvgIpc) is 2.15. The van der Waals surface area contributed by atoms with Crippen LogP contribution in [0.25, 0.3) is 0 Å². The Morgan fingerprint density at radius 3 is 3.00 bits per heavy atom. The van der Waals surface area contributed by atoms with E-state index in [1.807, 2.05) is 18.3 Å². The minimum atomic E-state index is 1.10. The number of hydrogen-bond acceptors (Lipinski definition) is 1. The maximum absolute atomic E-state index is 4.09. The van der Waals surface area contributed by atoms with Crippen molar-refractivity contribution in [2.24, 2.45) is 0 Å². The zero-order chi connectivity index (χ0) is 9.52. The minimum Gasteiger partial charge on any atom is -0.264 e. The van der Waals surface area contributed by atoms with Crippen LogP contribution < -0.4 is 0 Å². The van der Waals surface area contributed by atoms with E-state index in [0.717, 1.165) is 12.8 Å². The Kier molecular flexibility index (Phi) is 4.76. The number of allylic oxidation sites excluding steroid dienone is 1. The normalized spacial score (nSPS) is 9.92. The van der Waals surface area contributed by atoms with E-state index in [4.69, 9.17) is 0 Å². The molecule has 0 amide bonds.